The molecule has 138 valence electrons. The Labute approximate surface area is 159 Å². The van der Waals surface area contributed by atoms with Gasteiger partial charge in [0.25, 0.3) is 5.91 Å². The van der Waals surface area contributed by atoms with E-state index in [2.05, 4.69) is 22.4 Å². The zero-order chi connectivity index (χ0) is 17.8. The van der Waals surface area contributed by atoms with Crippen LogP contribution in [0.3, 0.4) is 0 Å². The van der Waals surface area contributed by atoms with E-state index in [-0.39, 0.29) is 12.0 Å². The lowest BCUT2D eigenvalue weighted by atomic mass is 10.1. The third-order valence-electron chi connectivity index (χ3n) is 5.29. The summed E-state index contributed by atoms with van der Waals surface area (Å²) in [6.45, 7) is 4.99. The van der Waals surface area contributed by atoms with Crippen LogP contribution >= 0.6 is 11.3 Å². The molecule has 1 amide bonds. The molecule has 1 aromatic heterocycles. The molecule has 5 heteroatoms. The zero-order valence-corrected chi connectivity index (χ0v) is 15.9. The lowest BCUT2D eigenvalue weighted by Gasteiger charge is -2.31. The number of amides is 1. The number of rotatable bonds is 5. The maximum Gasteiger partial charge on any atom is 0.253 e. The summed E-state index contributed by atoms with van der Waals surface area (Å²) in [4.78, 5) is 18.3. The standard InChI is InChI=1S/C21H26N2O2S/c24-21(23-11-1-2-12-23)17-5-7-18(8-6-17)25-19-9-13-22(14-10-19)16-20-4-3-15-26-20/h3-8,15,19H,1-2,9-14,16H2. The zero-order valence-electron chi connectivity index (χ0n) is 15.1. The van der Waals surface area contributed by atoms with Crippen molar-refractivity contribution in [3.8, 4) is 5.75 Å². The molecule has 4 nitrogen and oxygen atoms in total. The highest BCUT2D eigenvalue weighted by Gasteiger charge is 2.22. The van der Waals surface area contributed by atoms with Crippen LogP contribution in [0, 0.1) is 0 Å². The first-order chi connectivity index (χ1) is 12.8. The summed E-state index contributed by atoms with van der Waals surface area (Å²) in [5, 5.41) is 2.14. The van der Waals surface area contributed by atoms with Gasteiger partial charge in [-0.2, -0.15) is 0 Å². The molecule has 4 rings (SSSR count). The fourth-order valence-corrected chi connectivity index (χ4v) is 4.53. The van der Waals surface area contributed by atoms with Crippen molar-refractivity contribution >= 4 is 17.2 Å². The molecule has 2 aliphatic rings. The van der Waals surface area contributed by atoms with Crippen LogP contribution in [0.25, 0.3) is 0 Å². The first kappa shape index (κ1) is 17.6. The molecule has 0 saturated carbocycles. The third-order valence-corrected chi connectivity index (χ3v) is 6.15. The molecule has 0 unspecified atom stereocenters. The molecular formula is C21H26N2O2S. The predicted octanol–water partition coefficient (Wildman–Crippen LogP) is 4.03. The van der Waals surface area contributed by atoms with E-state index in [9.17, 15) is 4.79 Å². The maximum atomic E-state index is 12.4. The minimum absolute atomic E-state index is 0.149. The normalized spacial score (nSPS) is 19.0. The van der Waals surface area contributed by atoms with Crippen LogP contribution in [-0.4, -0.2) is 48.0 Å². The Hall–Kier alpha value is -1.85. The molecule has 3 heterocycles. The molecule has 2 aromatic rings. The summed E-state index contributed by atoms with van der Waals surface area (Å²) in [6.07, 6.45) is 4.63. The van der Waals surface area contributed by atoms with Gasteiger partial charge >= 0.3 is 0 Å². The summed E-state index contributed by atoms with van der Waals surface area (Å²) in [6, 6.07) is 12.0. The minimum atomic E-state index is 0.149. The summed E-state index contributed by atoms with van der Waals surface area (Å²) in [5.41, 5.74) is 0.769. The van der Waals surface area contributed by atoms with E-state index in [1.54, 1.807) is 0 Å². The summed E-state index contributed by atoms with van der Waals surface area (Å²) < 4.78 is 6.15. The number of hydrogen-bond acceptors (Lipinski definition) is 4. The number of hydrogen-bond donors (Lipinski definition) is 0. The molecular weight excluding hydrogens is 344 g/mol. The maximum absolute atomic E-state index is 12.4. The van der Waals surface area contributed by atoms with Crippen LogP contribution in [0.5, 0.6) is 5.75 Å². The minimum Gasteiger partial charge on any atom is -0.490 e. The summed E-state index contributed by atoms with van der Waals surface area (Å²) >= 11 is 1.83. The molecule has 0 N–H and O–H groups in total. The molecule has 0 radical (unpaired) electrons. The van der Waals surface area contributed by atoms with Gasteiger partial charge in [-0.25, -0.2) is 0 Å². The second-order valence-electron chi connectivity index (χ2n) is 7.20. The number of thiophene rings is 1. The number of piperidine rings is 1. The van der Waals surface area contributed by atoms with Gasteiger partial charge in [-0.3, -0.25) is 9.69 Å². The van der Waals surface area contributed by atoms with Crippen LogP contribution in [0.4, 0.5) is 0 Å². The quantitative estimate of drug-likeness (QED) is 0.797. The fourth-order valence-electron chi connectivity index (χ4n) is 3.78. The lowest BCUT2D eigenvalue weighted by Crippen LogP contribution is -2.37. The Morgan fingerprint density at radius 3 is 2.42 bits per heavy atom. The molecule has 0 atom stereocenters. The summed E-state index contributed by atoms with van der Waals surface area (Å²) in [7, 11) is 0. The number of carbonyl (C=O) groups is 1. The number of nitrogens with zero attached hydrogens (tertiary/aromatic N) is 2. The van der Waals surface area contributed by atoms with Crippen LogP contribution in [0.2, 0.25) is 0 Å². The Balaban J connectivity index is 1.26. The van der Waals surface area contributed by atoms with Crippen molar-refractivity contribution in [1.29, 1.82) is 0 Å². The van der Waals surface area contributed by atoms with Gasteiger partial charge in [-0.1, -0.05) is 6.07 Å². The first-order valence-corrected chi connectivity index (χ1v) is 10.5. The van der Waals surface area contributed by atoms with Crippen LogP contribution in [0.15, 0.2) is 41.8 Å². The molecule has 0 spiro atoms. The Kier molecular flexibility index (Phi) is 5.56. The monoisotopic (exact) mass is 370 g/mol. The highest BCUT2D eigenvalue weighted by atomic mass is 32.1. The van der Waals surface area contributed by atoms with E-state index >= 15 is 0 Å². The largest absolute Gasteiger partial charge is 0.490 e. The smallest absolute Gasteiger partial charge is 0.253 e. The van der Waals surface area contributed by atoms with Crippen molar-refractivity contribution in [2.75, 3.05) is 26.2 Å². The average Bonchev–Trinajstić information content (AvgIpc) is 3.37. The Morgan fingerprint density at radius 1 is 1.04 bits per heavy atom. The van der Waals surface area contributed by atoms with E-state index in [1.165, 1.54) is 4.88 Å². The predicted molar refractivity (Wildman–Crippen MR) is 105 cm³/mol. The first-order valence-electron chi connectivity index (χ1n) is 9.59. The van der Waals surface area contributed by atoms with Crippen molar-refractivity contribution in [3.05, 3.63) is 52.2 Å². The van der Waals surface area contributed by atoms with Crippen LogP contribution in [-0.2, 0) is 6.54 Å². The molecule has 0 aliphatic carbocycles. The third kappa shape index (κ3) is 4.27. The van der Waals surface area contributed by atoms with Gasteiger partial charge in [0, 0.05) is 43.2 Å². The van der Waals surface area contributed by atoms with Crippen molar-refractivity contribution in [2.24, 2.45) is 0 Å². The van der Waals surface area contributed by atoms with Crippen LogP contribution in [0.1, 0.15) is 40.9 Å². The van der Waals surface area contributed by atoms with Gasteiger partial charge in [-0.15, -0.1) is 11.3 Å². The lowest BCUT2D eigenvalue weighted by molar-refractivity contribution is 0.0792. The molecule has 2 saturated heterocycles. The number of ether oxygens (including phenoxy) is 1. The number of likely N-dealkylation sites (tertiary alicyclic amines) is 2. The van der Waals surface area contributed by atoms with Crippen molar-refractivity contribution in [1.82, 2.24) is 9.80 Å². The second-order valence-corrected chi connectivity index (χ2v) is 8.23. The van der Waals surface area contributed by atoms with Gasteiger partial charge in [0.1, 0.15) is 11.9 Å². The van der Waals surface area contributed by atoms with Gasteiger partial charge in [0.05, 0.1) is 0 Å². The highest BCUT2D eigenvalue weighted by Crippen LogP contribution is 2.22. The second kappa shape index (κ2) is 8.23. The summed E-state index contributed by atoms with van der Waals surface area (Å²) in [5.74, 6) is 1.02. The molecule has 1 aromatic carbocycles. The van der Waals surface area contributed by atoms with Gasteiger partial charge < -0.3 is 9.64 Å². The van der Waals surface area contributed by atoms with Gasteiger partial charge in [0.2, 0.25) is 0 Å². The highest BCUT2D eigenvalue weighted by molar-refractivity contribution is 7.09. The average molecular weight is 371 g/mol. The number of benzene rings is 1. The van der Waals surface area contributed by atoms with E-state index in [0.717, 1.165) is 69.7 Å². The SMILES string of the molecule is O=C(c1ccc(OC2CCN(Cc3cccs3)CC2)cc1)N1CCCC1. The van der Waals surface area contributed by atoms with Gasteiger partial charge in [0.15, 0.2) is 0 Å². The fraction of sp³-hybridized carbons (Fsp3) is 0.476. The Morgan fingerprint density at radius 2 is 1.77 bits per heavy atom. The molecule has 0 bridgehead atoms. The number of carbonyl (C=O) groups excluding carboxylic acids is 1. The van der Waals surface area contributed by atoms with E-state index in [1.807, 2.05) is 40.5 Å². The van der Waals surface area contributed by atoms with E-state index < -0.39 is 0 Å². The topological polar surface area (TPSA) is 32.8 Å². The van der Waals surface area contributed by atoms with Crippen molar-refractivity contribution in [2.45, 2.75) is 38.3 Å². The van der Waals surface area contributed by atoms with E-state index in [4.69, 9.17) is 4.74 Å². The van der Waals surface area contributed by atoms with Gasteiger partial charge in [-0.05, 0) is 61.4 Å². The van der Waals surface area contributed by atoms with Crippen LogP contribution < -0.4 is 4.74 Å². The molecule has 2 fully saturated rings. The molecule has 2 aliphatic heterocycles. The Bertz CT molecular complexity index is 700. The van der Waals surface area contributed by atoms with E-state index in [0.29, 0.717) is 0 Å². The molecule has 26 heavy (non-hydrogen) atoms. The van der Waals surface area contributed by atoms with Crippen molar-refractivity contribution < 1.29 is 9.53 Å². The van der Waals surface area contributed by atoms with Crippen molar-refractivity contribution in [3.63, 3.8) is 0 Å².